The van der Waals surface area contributed by atoms with Gasteiger partial charge in [0.05, 0.1) is 19.3 Å². The van der Waals surface area contributed by atoms with Crippen molar-refractivity contribution in [3.8, 4) is 0 Å². The van der Waals surface area contributed by atoms with Crippen LogP contribution in [-0.4, -0.2) is 24.7 Å². The summed E-state index contributed by atoms with van der Waals surface area (Å²) in [4.78, 5) is 4.21. The SMILES string of the molecule is CCOCCc1cnc(CNCC(C)C)o1. The first-order valence-corrected chi connectivity index (χ1v) is 5.94. The molecule has 1 aromatic heterocycles. The van der Waals surface area contributed by atoms with Crippen molar-refractivity contribution >= 4 is 0 Å². The zero-order valence-electron chi connectivity index (χ0n) is 10.5. The number of hydrogen-bond acceptors (Lipinski definition) is 4. The number of nitrogens with zero attached hydrogens (tertiary/aromatic N) is 1. The molecule has 1 heterocycles. The fourth-order valence-electron chi connectivity index (χ4n) is 1.33. The van der Waals surface area contributed by atoms with E-state index in [1.165, 1.54) is 0 Å². The van der Waals surface area contributed by atoms with E-state index >= 15 is 0 Å². The van der Waals surface area contributed by atoms with Crippen molar-refractivity contribution in [1.29, 1.82) is 0 Å². The molecule has 92 valence electrons. The molecular weight excluding hydrogens is 204 g/mol. The lowest BCUT2D eigenvalue weighted by Gasteiger charge is -2.04. The Balaban J connectivity index is 2.22. The first kappa shape index (κ1) is 13.2. The molecule has 4 nitrogen and oxygen atoms in total. The average Bonchev–Trinajstić information content (AvgIpc) is 2.66. The molecule has 0 atom stereocenters. The minimum absolute atomic E-state index is 0.646. The highest BCUT2D eigenvalue weighted by Gasteiger charge is 2.03. The Bertz CT molecular complexity index is 284. The van der Waals surface area contributed by atoms with Crippen LogP contribution in [-0.2, 0) is 17.7 Å². The van der Waals surface area contributed by atoms with Crippen LogP contribution in [0.5, 0.6) is 0 Å². The summed E-state index contributed by atoms with van der Waals surface area (Å²) in [5.41, 5.74) is 0. The molecule has 0 bridgehead atoms. The quantitative estimate of drug-likeness (QED) is 0.689. The van der Waals surface area contributed by atoms with Crippen LogP contribution in [0.4, 0.5) is 0 Å². The number of rotatable bonds is 8. The van der Waals surface area contributed by atoms with Crippen molar-refractivity contribution in [3.63, 3.8) is 0 Å². The summed E-state index contributed by atoms with van der Waals surface area (Å²) in [6.45, 7) is 9.47. The van der Waals surface area contributed by atoms with Gasteiger partial charge in [-0.15, -0.1) is 0 Å². The van der Waals surface area contributed by atoms with Crippen molar-refractivity contribution in [1.82, 2.24) is 10.3 Å². The van der Waals surface area contributed by atoms with Gasteiger partial charge in [-0.05, 0) is 19.4 Å². The first-order chi connectivity index (χ1) is 7.72. The highest BCUT2D eigenvalue weighted by atomic mass is 16.5. The van der Waals surface area contributed by atoms with Crippen LogP contribution in [0.15, 0.2) is 10.6 Å². The number of oxazole rings is 1. The third-order valence-electron chi connectivity index (χ3n) is 2.13. The molecule has 0 aliphatic rings. The number of nitrogens with one attached hydrogen (secondary N) is 1. The summed E-state index contributed by atoms with van der Waals surface area (Å²) in [6.07, 6.45) is 2.58. The van der Waals surface area contributed by atoms with Crippen molar-refractivity contribution in [2.75, 3.05) is 19.8 Å². The summed E-state index contributed by atoms with van der Waals surface area (Å²) in [6, 6.07) is 0. The van der Waals surface area contributed by atoms with Gasteiger partial charge in [0, 0.05) is 13.0 Å². The first-order valence-electron chi connectivity index (χ1n) is 5.94. The lowest BCUT2D eigenvalue weighted by atomic mass is 10.2. The Morgan fingerprint density at radius 2 is 2.31 bits per heavy atom. The molecule has 0 fully saturated rings. The number of ether oxygens (including phenoxy) is 1. The van der Waals surface area contributed by atoms with Gasteiger partial charge in [0.2, 0.25) is 5.89 Å². The van der Waals surface area contributed by atoms with E-state index in [0.29, 0.717) is 19.1 Å². The highest BCUT2D eigenvalue weighted by molar-refractivity contribution is 4.94. The van der Waals surface area contributed by atoms with Gasteiger partial charge in [0.25, 0.3) is 0 Å². The Labute approximate surface area is 97.4 Å². The second-order valence-corrected chi connectivity index (χ2v) is 4.19. The van der Waals surface area contributed by atoms with Crippen LogP contribution < -0.4 is 5.32 Å². The zero-order chi connectivity index (χ0) is 11.8. The Morgan fingerprint density at radius 3 is 3.00 bits per heavy atom. The lowest BCUT2D eigenvalue weighted by Crippen LogP contribution is -2.19. The van der Waals surface area contributed by atoms with Gasteiger partial charge in [-0.1, -0.05) is 13.8 Å². The highest BCUT2D eigenvalue weighted by Crippen LogP contribution is 2.04. The van der Waals surface area contributed by atoms with E-state index in [-0.39, 0.29) is 0 Å². The normalized spacial score (nSPS) is 11.2. The molecule has 1 aromatic rings. The van der Waals surface area contributed by atoms with Gasteiger partial charge >= 0.3 is 0 Å². The maximum absolute atomic E-state index is 5.56. The zero-order valence-corrected chi connectivity index (χ0v) is 10.5. The maximum Gasteiger partial charge on any atom is 0.208 e. The summed E-state index contributed by atoms with van der Waals surface area (Å²) < 4.78 is 10.8. The molecule has 0 saturated carbocycles. The smallest absolute Gasteiger partial charge is 0.208 e. The molecular formula is C12H22N2O2. The van der Waals surface area contributed by atoms with Crippen LogP contribution in [0, 0.1) is 5.92 Å². The van der Waals surface area contributed by atoms with E-state index in [9.17, 15) is 0 Å². The molecule has 0 aromatic carbocycles. The third-order valence-corrected chi connectivity index (χ3v) is 2.13. The summed E-state index contributed by atoms with van der Waals surface area (Å²) in [5, 5.41) is 3.29. The fraction of sp³-hybridized carbons (Fsp3) is 0.750. The third kappa shape index (κ3) is 5.28. The van der Waals surface area contributed by atoms with Gasteiger partial charge in [-0.2, -0.15) is 0 Å². The Hall–Kier alpha value is -0.870. The van der Waals surface area contributed by atoms with Crippen LogP contribution in [0.1, 0.15) is 32.4 Å². The monoisotopic (exact) mass is 226 g/mol. The predicted molar refractivity (Wildman–Crippen MR) is 63.2 cm³/mol. The Kier molecular flexibility index (Phi) is 6.11. The summed E-state index contributed by atoms with van der Waals surface area (Å²) in [7, 11) is 0. The van der Waals surface area contributed by atoms with Crippen molar-refractivity contribution in [3.05, 3.63) is 17.8 Å². The van der Waals surface area contributed by atoms with Crippen molar-refractivity contribution < 1.29 is 9.15 Å². The van der Waals surface area contributed by atoms with E-state index in [2.05, 4.69) is 24.1 Å². The average molecular weight is 226 g/mol. The Morgan fingerprint density at radius 1 is 1.50 bits per heavy atom. The molecule has 0 unspecified atom stereocenters. The van der Waals surface area contributed by atoms with E-state index in [0.717, 1.165) is 31.2 Å². The molecule has 0 radical (unpaired) electrons. The molecule has 0 aliphatic heterocycles. The molecule has 4 heteroatoms. The second-order valence-electron chi connectivity index (χ2n) is 4.19. The topological polar surface area (TPSA) is 47.3 Å². The van der Waals surface area contributed by atoms with Gasteiger partial charge in [-0.3, -0.25) is 0 Å². The molecule has 0 saturated heterocycles. The van der Waals surface area contributed by atoms with Crippen LogP contribution >= 0.6 is 0 Å². The van der Waals surface area contributed by atoms with Crippen LogP contribution in [0.3, 0.4) is 0 Å². The van der Waals surface area contributed by atoms with Crippen LogP contribution in [0.2, 0.25) is 0 Å². The molecule has 0 spiro atoms. The number of aromatic nitrogens is 1. The lowest BCUT2D eigenvalue weighted by molar-refractivity contribution is 0.146. The van der Waals surface area contributed by atoms with Crippen molar-refractivity contribution in [2.24, 2.45) is 5.92 Å². The van der Waals surface area contributed by atoms with Gasteiger partial charge < -0.3 is 14.5 Å². The molecule has 0 amide bonds. The maximum atomic E-state index is 5.56. The summed E-state index contributed by atoms with van der Waals surface area (Å²) >= 11 is 0. The van der Waals surface area contributed by atoms with Crippen molar-refractivity contribution in [2.45, 2.75) is 33.7 Å². The predicted octanol–water partition coefficient (Wildman–Crippen LogP) is 2.00. The van der Waals surface area contributed by atoms with E-state index in [1.54, 1.807) is 6.20 Å². The van der Waals surface area contributed by atoms with Crippen LogP contribution in [0.25, 0.3) is 0 Å². The van der Waals surface area contributed by atoms with E-state index in [4.69, 9.17) is 9.15 Å². The van der Waals surface area contributed by atoms with Gasteiger partial charge in [-0.25, -0.2) is 4.98 Å². The largest absolute Gasteiger partial charge is 0.444 e. The number of hydrogen-bond donors (Lipinski definition) is 1. The second kappa shape index (κ2) is 7.41. The fourth-order valence-corrected chi connectivity index (χ4v) is 1.33. The van der Waals surface area contributed by atoms with E-state index < -0.39 is 0 Å². The van der Waals surface area contributed by atoms with Gasteiger partial charge in [0.1, 0.15) is 5.76 Å². The molecule has 16 heavy (non-hydrogen) atoms. The molecule has 1 N–H and O–H groups in total. The summed E-state index contributed by atoms with van der Waals surface area (Å²) in [5.74, 6) is 2.30. The minimum Gasteiger partial charge on any atom is -0.444 e. The van der Waals surface area contributed by atoms with Gasteiger partial charge in [0.15, 0.2) is 0 Å². The van der Waals surface area contributed by atoms with E-state index in [1.807, 2.05) is 6.92 Å². The molecule has 0 aliphatic carbocycles. The molecule has 1 rings (SSSR count). The minimum atomic E-state index is 0.646. The standard InChI is InChI=1S/C12H22N2O2/c1-4-15-6-5-11-8-14-12(16-11)9-13-7-10(2)3/h8,10,13H,4-7,9H2,1-3H3.